The molecule has 1 saturated heterocycles. The molecule has 158 valence electrons. The third kappa shape index (κ3) is 4.91. The summed E-state index contributed by atoms with van der Waals surface area (Å²) in [6.45, 7) is 1.78. The van der Waals surface area contributed by atoms with Gasteiger partial charge in [0.05, 0.1) is 12.8 Å². The van der Waals surface area contributed by atoms with Gasteiger partial charge in [-0.2, -0.15) is 0 Å². The van der Waals surface area contributed by atoms with Crippen molar-refractivity contribution >= 4 is 11.8 Å². The van der Waals surface area contributed by atoms with Crippen molar-refractivity contribution in [2.24, 2.45) is 5.16 Å². The van der Waals surface area contributed by atoms with E-state index in [-0.39, 0.29) is 5.60 Å². The summed E-state index contributed by atoms with van der Waals surface area (Å²) in [6.07, 6.45) is 2.61. The average Bonchev–Trinajstić information content (AvgIpc) is 3.20. The van der Waals surface area contributed by atoms with Gasteiger partial charge < -0.3 is 19.7 Å². The maximum atomic E-state index is 12.1. The Morgan fingerprint density at radius 3 is 2.73 bits per heavy atom. The Morgan fingerprint density at radius 1 is 1.17 bits per heavy atom. The quantitative estimate of drug-likeness (QED) is 0.790. The van der Waals surface area contributed by atoms with Gasteiger partial charge in [0.2, 0.25) is 0 Å². The van der Waals surface area contributed by atoms with Crippen LogP contribution in [0, 0.1) is 0 Å². The van der Waals surface area contributed by atoms with Crippen molar-refractivity contribution < 1.29 is 19.2 Å². The molecule has 7 nitrogen and oxygen atoms in total. The molecule has 0 radical (unpaired) electrons. The third-order valence-electron chi connectivity index (χ3n) is 5.61. The number of nitrogens with one attached hydrogen (secondary N) is 1. The van der Waals surface area contributed by atoms with Gasteiger partial charge in [-0.15, -0.1) is 5.06 Å². The standard InChI is InChI=1S/C23H27N3O4/c1-28-20-9-5-8-19(16-20)21-17-23(30-25-21)11-14-26(15-12-23)29-22(27)24-13-10-18-6-3-2-4-7-18/h2-9,16H,10-15,17H2,1H3,(H,24,27). The molecule has 1 N–H and O–H groups in total. The fraction of sp³-hybridized carbons (Fsp3) is 0.391. The first-order chi connectivity index (χ1) is 14.7. The van der Waals surface area contributed by atoms with Gasteiger partial charge in [0.15, 0.2) is 0 Å². The second-order valence-electron chi connectivity index (χ2n) is 7.69. The minimum absolute atomic E-state index is 0.317. The molecular weight excluding hydrogens is 382 g/mol. The van der Waals surface area contributed by atoms with Gasteiger partial charge in [0.25, 0.3) is 0 Å². The first-order valence-electron chi connectivity index (χ1n) is 10.3. The predicted octanol–water partition coefficient (Wildman–Crippen LogP) is 3.54. The Bertz CT molecular complexity index is 892. The maximum Gasteiger partial charge on any atom is 0.426 e. The number of hydrogen-bond donors (Lipinski definition) is 1. The van der Waals surface area contributed by atoms with E-state index in [0.717, 1.165) is 42.7 Å². The summed E-state index contributed by atoms with van der Waals surface area (Å²) >= 11 is 0. The van der Waals surface area contributed by atoms with Gasteiger partial charge >= 0.3 is 6.09 Å². The number of nitrogens with zero attached hydrogens (tertiary/aromatic N) is 2. The number of benzene rings is 2. The van der Waals surface area contributed by atoms with Crippen molar-refractivity contribution in [2.45, 2.75) is 31.3 Å². The van der Waals surface area contributed by atoms with Crippen molar-refractivity contribution in [1.29, 1.82) is 0 Å². The Labute approximate surface area is 176 Å². The molecule has 2 heterocycles. The molecule has 0 bridgehead atoms. The largest absolute Gasteiger partial charge is 0.497 e. The van der Waals surface area contributed by atoms with E-state index in [0.29, 0.717) is 19.6 Å². The van der Waals surface area contributed by atoms with E-state index in [1.165, 1.54) is 5.56 Å². The molecule has 0 aromatic heterocycles. The molecule has 0 aliphatic carbocycles. The molecule has 2 aromatic rings. The lowest BCUT2D eigenvalue weighted by molar-refractivity contribution is -0.157. The SMILES string of the molecule is COc1cccc(C2=NOC3(CCN(OC(=O)NCCc4ccccc4)CC3)C2)c1. The summed E-state index contributed by atoms with van der Waals surface area (Å²) in [4.78, 5) is 23.4. The highest BCUT2D eigenvalue weighted by Crippen LogP contribution is 2.36. The number of oxime groups is 1. The van der Waals surface area contributed by atoms with Crippen LogP contribution in [0.15, 0.2) is 59.8 Å². The van der Waals surface area contributed by atoms with E-state index in [9.17, 15) is 4.79 Å². The summed E-state index contributed by atoms with van der Waals surface area (Å²) in [5.41, 5.74) is 2.81. The van der Waals surface area contributed by atoms with Crippen molar-refractivity contribution in [3.8, 4) is 5.75 Å². The molecule has 2 aromatic carbocycles. The lowest BCUT2D eigenvalue weighted by Crippen LogP contribution is -2.46. The molecular formula is C23H27N3O4. The molecule has 0 unspecified atom stereocenters. The Balaban J connectivity index is 1.21. The van der Waals surface area contributed by atoms with Crippen LogP contribution in [0.4, 0.5) is 4.79 Å². The van der Waals surface area contributed by atoms with Crippen LogP contribution in [-0.4, -0.2) is 49.2 Å². The summed E-state index contributed by atoms with van der Waals surface area (Å²) in [5.74, 6) is 0.803. The number of hydrogen-bond acceptors (Lipinski definition) is 6. The fourth-order valence-corrected chi connectivity index (χ4v) is 3.84. The molecule has 4 rings (SSSR count). The highest BCUT2D eigenvalue weighted by molar-refractivity contribution is 6.02. The van der Waals surface area contributed by atoms with E-state index in [1.807, 2.05) is 54.6 Å². The average molecular weight is 409 g/mol. The highest BCUT2D eigenvalue weighted by Gasteiger charge is 2.43. The van der Waals surface area contributed by atoms with Crippen molar-refractivity contribution in [3.05, 3.63) is 65.7 Å². The van der Waals surface area contributed by atoms with Crippen molar-refractivity contribution in [2.75, 3.05) is 26.7 Å². The third-order valence-corrected chi connectivity index (χ3v) is 5.61. The van der Waals surface area contributed by atoms with Crippen LogP contribution in [0.5, 0.6) is 5.75 Å². The second-order valence-corrected chi connectivity index (χ2v) is 7.69. The summed E-state index contributed by atoms with van der Waals surface area (Å²) in [6, 6.07) is 17.9. The zero-order valence-corrected chi connectivity index (χ0v) is 17.2. The van der Waals surface area contributed by atoms with E-state index in [4.69, 9.17) is 14.4 Å². The van der Waals surface area contributed by atoms with E-state index < -0.39 is 6.09 Å². The van der Waals surface area contributed by atoms with Crippen LogP contribution in [-0.2, 0) is 16.1 Å². The van der Waals surface area contributed by atoms with E-state index >= 15 is 0 Å². The van der Waals surface area contributed by atoms with Crippen LogP contribution in [0.3, 0.4) is 0 Å². The van der Waals surface area contributed by atoms with Crippen LogP contribution in [0.1, 0.15) is 30.4 Å². The number of rotatable bonds is 6. The first-order valence-corrected chi connectivity index (χ1v) is 10.3. The molecule has 2 aliphatic rings. The molecule has 7 heteroatoms. The summed E-state index contributed by atoms with van der Waals surface area (Å²) < 4.78 is 5.30. The number of amides is 1. The monoisotopic (exact) mass is 409 g/mol. The van der Waals surface area contributed by atoms with Crippen LogP contribution >= 0.6 is 0 Å². The van der Waals surface area contributed by atoms with Gasteiger partial charge in [-0.1, -0.05) is 47.6 Å². The zero-order chi connectivity index (χ0) is 20.8. The van der Waals surface area contributed by atoms with Crippen molar-refractivity contribution in [3.63, 3.8) is 0 Å². The Kier molecular flexibility index (Phi) is 6.18. The minimum Gasteiger partial charge on any atom is -0.497 e. The topological polar surface area (TPSA) is 72.4 Å². The Hall–Kier alpha value is -3.06. The number of piperidine rings is 1. The summed E-state index contributed by atoms with van der Waals surface area (Å²) in [7, 11) is 1.65. The fourth-order valence-electron chi connectivity index (χ4n) is 3.84. The number of methoxy groups -OCH3 is 1. The van der Waals surface area contributed by atoms with Crippen LogP contribution < -0.4 is 10.1 Å². The van der Waals surface area contributed by atoms with Gasteiger partial charge in [-0.25, -0.2) is 4.79 Å². The molecule has 0 saturated carbocycles. The lowest BCUT2D eigenvalue weighted by atomic mass is 9.86. The second kappa shape index (κ2) is 9.17. The predicted molar refractivity (Wildman–Crippen MR) is 113 cm³/mol. The Morgan fingerprint density at radius 2 is 1.97 bits per heavy atom. The van der Waals surface area contributed by atoms with Crippen LogP contribution in [0.2, 0.25) is 0 Å². The number of carbonyl (C=O) groups is 1. The van der Waals surface area contributed by atoms with Gasteiger partial charge in [-0.3, -0.25) is 0 Å². The molecule has 2 aliphatic heterocycles. The zero-order valence-electron chi connectivity index (χ0n) is 17.2. The van der Waals surface area contributed by atoms with Crippen molar-refractivity contribution in [1.82, 2.24) is 10.4 Å². The number of carbonyl (C=O) groups excluding carboxylic acids is 1. The molecule has 30 heavy (non-hydrogen) atoms. The smallest absolute Gasteiger partial charge is 0.426 e. The highest BCUT2D eigenvalue weighted by atomic mass is 16.7. The number of ether oxygens (including phenoxy) is 1. The first kappa shape index (κ1) is 20.2. The van der Waals surface area contributed by atoms with E-state index in [2.05, 4.69) is 10.5 Å². The van der Waals surface area contributed by atoms with Crippen LogP contribution in [0.25, 0.3) is 0 Å². The normalized spacial score (nSPS) is 17.8. The minimum atomic E-state index is -0.414. The molecule has 1 spiro atoms. The lowest BCUT2D eigenvalue weighted by Gasteiger charge is -2.35. The van der Waals surface area contributed by atoms with Gasteiger partial charge in [0.1, 0.15) is 11.4 Å². The molecule has 0 atom stereocenters. The van der Waals surface area contributed by atoms with E-state index in [1.54, 1.807) is 12.2 Å². The summed E-state index contributed by atoms with van der Waals surface area (Å²) in [5, 5.41) is 8.85. The molecule has 1 amide bonds. The number of hydroxylamine groups is 2. The van der Waals surface area contributed by atoms with Gasteiger partial charge in [-0.05, 0) is 24.1 Å². The maximum absolute atomic E-state index is 12.1. The molecule has 1 fully saturated rings. The van der Waals surface area contributed by atoms with Gasteiger partial charge in [0, 0.05) is 44.5 Å².